The van der Waals surface area contributed by atoms with Gasteiger partial charge in [0.25, 0.3) is 5.91 Å². The van der Waals surface area contributed by atoms with Crippen LogP contribution in [0.1, 0.15) is 12.5 Å². The molecule has 1 N–H and O–H groups in total. The zero-order valence-electron chi connectivity index (χ0n) is 16.7. The predicted octanol–water partition coefficient (Wildman–Crippen LogP) is -0.976. The molecule has 1 aromatic carbocycles. The number of anilines is 1. The number of quaternary nitrogens is 1. The summed E-state index contributed by atoms with van der Waals surface area (Å²) in [6, 6.07) is 8.74. The fourth-order valence-corrected chi connectivity index (χ4v) is 4.50. The number of hydrogen-bond acceptors (Lipinski definition) is 4. The van der Waals surface area contributed by atoms with Crippen LogP contribution < -0.4 is 9.80 Å². The van der Waals surface area contributed by atoms with Crippen molar-refractivity contribution in [2.45, 2.75) is 19.4 Å². The average Bonchev–Trinajstić information content (AvgIpc) is 3.04. The SMILES string of the molecule is C[C@H]1Cc2ccccc2N1CC(=O)N1CC[NH+](CC(=O)N2CCOCC2)CC1. The molecule has 2 fully saturated rings. The lowest BCUT2D eigenvalue weighted by atomic mass is 10.1. The van der Waals surface area contributed by atoms with Crippen molar-refractivity contribution in [1.29, 1.82) is 0 Å². The van der Waals surface area contributed by atoms with Crippen LogP contribution in [0, 0.1) is 0 Å². The Morgan fingerprint density at radius 3 is 2.46 bits per heavy atom. The third kappa shape index (κ3) is 4.15. The lowest BCUT2D eigenvalue weighted by molar-refractivity contribution is -0.896. The summed E-state index contributed by atoms with van der Waals surface area (Å²) in [4.78, 5) is 32.7. The summed E-state index contributed by atoms with van der Waals surface area (Å²) in [6.07, 6.45) is 1.00. The van der Waals surface area contributed by atoms with Gasteiger partial charge in [-0.1, -0.05) is 18.2 Å². The maximum atomic E-state index is 12.9. The van der Waals surface area contributed by atoms with E-state index in [0.717, 1.165) is 32.6 Å². The van der Waals surface area contributed by atoms with E-state index in [1.807, 2.05) is 15.9 Å². The van der Waals surface area contributed by atoms with Crippen LogP contribution in [0.5, 0.6) is 0 Å². The van der Waals surface area contributed by atoms with Crippen LogP contribution in [0.25, 0.3) is 0 Å². The Hall–Kier alpha value is -2.12. The fourth-order valence-electron chi connectivity index (χ4n) is 4.50. The molecule has 1 atom stereocenters. The molecular formula is C21H31N4O3+. The highest BCUT2D eigenvalue weighted by Crippen LogP contribution is 2.31. The minimum absolute atomic E-state index is 0.196. The summed E-state index contributed by atoms with van der Waals surface area (Å²) in [5, 5.41) is 0. The zero-order valence-corrected chi connectivity index (χ0v) is 16.7. The lowest BCUT2D eigenvalue weighted by Crippen LogP contribution is -3.15. The van der Waals surface area contributed by atoms with Crippen LogP contribution in [0.2, 0.25) is 0 Å². The highest BCUT2D eigenvalue weighted by atomic mass is 16.5. The maximum absolute atomic E-state index is 12.9. The zero-order chi connectivity index (χ0) is 19.5. The molecule has 0 unspecified atom stereocenters. The van der Waals surface area contributed by atoms with Crippen molar-refractivity contribution in [3.8, 4) is 0 Å². The number of hydrogen-bond donors (Lipinski definition) is 1. The molecule has 3 heterocycles. The molecule has 3 aliphatic rings. The second kappa shape index (κ2) is 8.49. The van der Waals surface area contributed by atoms with Gasteiger partial charge in [-0.05, 0) is 25.0 Å². The molecule has 0 bridgehead atoms. The van der Waals surface area contributed by atoms with Gasteiger partial charge in [0.15, 0.2) is 6.54 Å². The first-order chi connectivity index (χ1) is 13.6. The van der Waals surface area contributed by atoms with Crippen molar-refractivity contribution in [1.82, 2.24) is 9.80 Å². The monoisotopic (exact) mass is 387 g/mol. The van der Waals surface area contributed by atoms with Gasteiger partial charge in [0.05, 0.1) is 45.9 Å². The standard InChI is InChI=1S/C21H30N4O3/c1-17-14-18-4-2-3-5-19(18)25(17)16-21(27)23-8-6-22(7-9-23)15-20(26)24-10-12-28-13-11-24/h2-5,17H,6-16H2,1H3/p+1/t17-/m0/s1. The fraction of sp³-hybridized carbons (Fsp3) is 0.619. The van der Waals surface area contributed by atoms with Gasteiger partial charge in [-0.15, -0.1) is 0 Å². The topological polar surface area (TPSA) is 57.5 Å². The van der Waals surface area contributed by atoms with Gasteiger partial charge >= 0.3 is 0 Å². The summed E-state index contributed by atoms with van der Waals surface area (Å²) in [7, 11) is 0. The quantitative estimate of drug-likeness (QED) is 0.722. The predicted molar refractivity (Wildman–Crippen MR) is 106 cm³/mol. The lowest BCUT2D eigenvalue weighted by Gasteiger charge is -2.35. The second-order valence-electron chi connectivity index (χ2n) is 8.11. The molecule has 0 spiro atoms. The van der Waals surface area contributed by atoms with Crippen molar-refractivity contribution in [2.24, 2.45) is 0 Å². The summed E-state index contributed by atoms with van der Waals surface area (Å²) in [5.74, 6) is 0.405. The molecule has 152 valence electrons. The minimum atomic E-state index is 0.196. The van der Waals surface area contributed by atoms with E-state index in [2.05, 4.69) is 30.0 Å². The normalized spacial score (nSPS) is 23.0. The molecule has 3 aliphatic heterocycles. The third-order valence-electron chi connectivity index (χ3n) is 6.24. The molecule has 7 nitrogen and oxygen atoms in total. The molecule has 28 heavy (non-hydrogen) atoms. The van der Waals surface area contributed by atoms with Crippen LogP contribution in [0.3, 0.4) is 0 Å². The van der Waals surface area contributed by atoms with Crippen molar-refractivity contribution >= 4 is 17.5 Å². The molecule has 7 heteroatoms. The van der Waals surface area contributed by atoms with Gasteiger partial charge in [0.2, 0.25) is 5.91 Å². The first-order valence-electron chi connectivity index (χ1n) is 10.4. The Bertz CT molecular complexity index is 711. The first kappa shape index (κ1) is 19.2. The molecule has 2 saturated heterocycles. The summed E-state index contributed by atoms with van der Waals surface area (Å²) in [6.45, 7) is 8.98. The molecule has 1 aromatic rings. The van der Waals surface area contributed by atoms with Gasteiger partial charge in [-0.25, -0.2) is 0 Å². The number of benzene rings is 1. The van der Waals surface area contributed by atoms with E-state index in [1.165, 1.54) is 16.2 Å². The Labute approximate surface area is 166 Å². The number of rotatable bonds is 4. The van der Waals surface area contributed by atoms with Gasteiger partial charge in [0, 0.05) is 24.8 Å². The third-order valence-corrected chi connectivity index (χ3v) is 6.24. The van der Waals surface area contributed by atoms with Crippen molar-refractivity contribution in [3.63, 3.8) is 0 Å². The van der Waals surface area contributed by atoms with E-state index in [4.69, 9.17) is 4.74 Å². The van der Waals surface area contributed by atoms with E-state index in [-0.39, 0.29) is 11.8 Å². The van der Waals surface area contributed by atoms with Crippen LogP contribution in [0.15, 0.2) is 24.3 Å². The van der Waals surface area contributed by atoms with Crippen molar-refractivity contribution < 1.29 is 19.2 Å². The number of morpholine rings is 1. The van der Waals surface area contributed by atoms with E-state index in [1.54, 1.807) is 0 Å². The minimum Gasteiger partial charge on any atom is -0.378 e. The number of nitrogens with zero attached hydrogens (tertiary/aromatic N) is 3. The van der Waals surface area contributed by atoms with E-state index in [9.17, 15) is 9.59 Å². The summed E-state index contributed by atoms with van der Waals surface area (Å²) >= 11 is 0. The Kier molecular flexibility index (Phi) is 5.82. The number of nitrogens with one attached hydrogen (secondary N) is 1. The summed E-state index contributed by atoms with van der Waals surface area (Å²) in [5.41, 5.74) is 2.53. The van der Waals surface area contributed by atoms with Gasteiger partial charge < -0.3 is 24.3 Å². The number of piperazine rings is 1. The number of fused-ring (bicyclic) bond motifs is 1. The molecule has 0 radical (unpaired) electrons. The highest BCUT2D eigenvalue weighted by molar-refractivity contribution is 5.83. The number of para-hydroxylation sites is 1. The van der Waals surface area contributed by atoms with Crippen LogP contribution in [0.4, 0.5) is 5.69 Å². The number of carbonyl (C=O) groups is 2. The second-order valence-corrected chi connectivity index (χ2v) is 8.11. The smallest absolute Gasteiger partial charge is 0.277 e. The van der Waals surface area contributed by atoms with Crippen molar-refractivity contribution in [2.75, 3.05) is 70.5 Å². The molecule has 2 amide bonds. The van der Waals surface area contributed by atoms with E-state index in [0.29, 0.717) is 45.4 Å². The highest BCUT2D eigenvalue weighted by Gasteiger charge is 2.31. The van der Waals surface area contributed by atoms with E-state index < -0.39 is 0 Å². The first-order valence-corrected chi connectivity index (χ1v) is 10.4. The Morgan fingerprint density at radius 1 is 1.04 bits per heavy atom. The number of amides is 2. The van der Waals surface area contributed by atoms with Crippen molar-refractivity contribution in [3.05, 3.63) is 29.8 Å². The molecule has 0 saturated carbocycles. The van der Waals surface area contributed by atoms with Crippen LogP contribution in [-0.2, 0) is 20.7 Å². The van der Waals surface area contributed by atoms with Gasteiger partial charge in [0.1, 0.15) is 0 Å². The average molecular weight is 388 g/mol. The van der Waals surface area contributed by atoms with Gasteiger partial charge in [-0.2, -0.15) is 0 Å². The maximum Gasteiger partial charge on any atom is 0.277 e. The molecular weight excluding hydrogens is 356 g/mol. The van der Waals surface area contributed by atoms with Crippen LogP contribution in [-0.4, -0.2) is 93.2 Å². The molecule has 0 aromatic heterocycles. The van der Waals surface area contributed by atoms with E-state index >= 15 is 0 Å². The largest absolute Gasteiger partial charge is 0.378 e. The Balaban J connectivity index is 1.26. The summed E-state index contributed by atoms with van der Waals surface area (Å²) < 4.78 is 5.32. The number of carbonyl (C=O) groups excluding carboxylic acids is 2. The van der Waals surface area contributed by atoms with Crippen LogP contribution >= 0.6 is 0 Å². The molecule has 4 rings (SSSR count). The number of ether oxygens (including phenoxy) is 1. The Morgan fingerprint density at radius 2 is 1.71 bits per heavy atom. The van der Waals surface area contributed by atoms with Gasteiger partial charge in [-0.3, -0.25) is 9.59 Å². The molecule has 0 aliphatic carbocycles.